The van der Waals surface area contributed by atoms with Crippen LogP contribution in [0.15, 0.2) is 23.3 Å². The molecule has 1 aromatic carbocycles. The molecule has 0 saturated carbocycles. The maximum Gasteiger partial charge on any atom is 0.271 e. The van der Waals surface area contributed by atoms with E-state index in [-0.39, 0.29) is 23.0 Å². The Labute approximate surface area is 139 Å². The Bertz CT molecular complexity index is 669. The van der Waals surface area contributed by atoms with Gasteiger partial charge in [-0.05, 0) is 11.6 Å². The molecule has 1 saturated heterocycles. The van der Waals surface area contributed by atoms with Gasteiger partial charge in [-0.2, -0.15) is 0 Å². The molecule has 0 bridgehead atoms. The van der Waals surface area contributed by atoms with Crippen molar-refractivity contribution in [2.45, 2.75) is 30.7 Å². The summed E-state index contributed by atoms with van der Waals surface area (Å²) in [7, 11) is 0. The summed E-state index contributed by atoms with van der Waals surface area (Å²) in [5, 5.41) is 43.4. The van der Waals surface area contributed by atoms with Gasteiger partial charge in [0.25, 0.3) is 5.69 Å². The third kappa shape index (κ3) is 3.85. The number of hydrogen-bond acceptors (Lipinski definition) is 8. The molecule has 11 nitrogen and oxygen atoms in total. The van der Waals surface area contributed by atoms with Gasteiger partial charge in [-0.15, -0.1) is 0 Å². The zero-order valence-corrected chi connectivity index (χ0v) is 12.7. The first-order valence-electron chi connectivity index (χ1n) is 6.66. The fraction of sp³-hybridized carbons (Fsp3) is 0.500. The molecule has 5 atom stereocenters. The second-order valence-corrected chi connectivity index (χ2v) is 5.33. The van der Waals surface area contributed by atoms with Crippen molar-refractivity contribution in [1.82, 2.24) is 0 Å². The molecule has 1 heterocycles. The normalized spacial score (nSPS) is 29.6. The van der Waals surface area contributed by atoms with E-state index in [4.69, 9.17) is 26.6 Å². The van der Waals surface area contributed by atoms with Crippen LogP contribution in [-0.4, -0.2) is 57.5 Å². The molecule has 0 radical (unpaired) electrons. The van der Waals surface area contributed by atoms with E-state index in [0.29, 0.717) is 0 Å². The van der Waals surface area contributed by atoms with E-state index >= 15 is 0 Å². The summed E-state index contributed by atoms with van der Waals surface area (Å²) in [6, 6.07) is 3.39. The second-order valence-electron chi connectivity index (χ2n) is 4.92. The maximum absolute atomic E-state index is 10.7. The Balaban J connectivity index is 2.18. The summed E-state index contributed by atoms with van der Waals surface area (Å²) in [5.41, 5.74) is 8.06. The van der Waals surface area contributed by atoms with Crippen LogP contribution in [0.1, 0.15) is 0 Å². The minimum atomic E-state index is -1.62. The van der Waals surface area contributed by atoms with Crippen molar-refractivity contribution in [2.24, 2.45) is 5.11 Å². The summed E-state index contributed by atoms with van der Waals surface area (Å²) in [6.45, 7) is -0.296. The van der Waals surface area contributed by atoms with Crippen LogP contribution in [0.4, 0.5) is 5.69 Å². The van der Waals surface area contributed by atoms with E-state index in [1.165, 1.54) is 6.07 Å². The zero-order valence-electron chi connectivity index (χ0n) is 12.0. The van der Waals surface area contributed by atoms with E-state index in [2.05, 4.69) is 10.0 Å². The van der Waals surface area contributed by atoms with Crippen molar-refractivity contribution in [3.8, 4) is 5.75 Å². The number of nitro groups is 1. The van der Waals surface area contributed by atoms with Crippen LogP contribution >= 0.6 is 11.6 Å². The third-order valence-electron chi connectivity index (χ3n) is 3.36. The van der Waals surface area contributed by atoms with Crippen molar-refractivity contribution in [3.05, 3.63) is 43.8 Å². The molecule has 24 heavy (non-hydrogen) atoms. The van der Waals surface area contributed by atoms with Gasteiger partial charge in [0.1, 0.15) is 24.1 Å². The highest BCUT2D eigenvalue weighted by atomic mass is 35.5. The zero-order chi connectivity index (χ0) is 17.9. The smallest absolute Gasteiger partial charge is 0.271 e. The molecule has 1 aliphatic heterocycles. The minimum Gasteiger partial charge on any atom is -0.460 e. The van der Waals surface area contributed by atoms with Crippen LogP contribution in [0.3, 0.4) is 0 Å². The number of non-ortho nitro benzene ring substituents is 1. The first kappa shape index (κ1) is 18.2. The van der Waals surface area contributed by atoms with Crippen molar-refractivity contribution in [1.29, 1.82) is 0 Å². The summed E-state index contributed by atoms with van der Waals surface area (Å²) in [6.07, 6.45) is -7.26. The fourth-order valence-corrected chi connectivity index (χ4v) is 2.33. The van der Waals surface area contributed by atoms with Gasteiger partial charge in [-0.25, -0.2) is 0 Å². The molecule has 2 rings (SSSR count). The maximum atomic E-state index is 10.7. The molecule has 0 unspecified atom stereocenters. The van der Waals surface area contributed by atoms with E-state index in [1.807, 2.05) is 0 Å². The van der Waals surface area contributed by atoms with Crippen LogP contribution in [0.25, 0.3) is 10.4 Å². The van der Waals surface area contributed by atoms with Crippen molar-refractivity contribution in [2.75, 3.05) is 6.54 Å². The lowest BCUT2D eigenvalue weighted by atomic mass is 9.99. The van der Waals surface area contributed by atoms with Gasteiger partial charge in [-0.3, -0.25) is 10.1 Å². The molecular formula is C12H13ClN4O7. The lowest BCUT2D eigenvalue weighted by Crippen LogP contribution is -2.59. The predicted octanol–water partition coefficient (Wildman–Crippen LogP) is 0.745. The van der Waals surface area contributed by atoms with Gasteiger partial charge in [0.15, 0.2) is 0 Å². The topological polar surface area (TPSA) is 171 Å². The van der Waals surface area contributed by atoms with Crippen LogP contribution in [-0.2, 0) is 4.74 Å². The van der Waals surface area contributed by atoms with Crippen LogP contribution in [0, 0.1) is 10.1 Å². The molecule has 0 aromatic heterocycles. The van der Waals surface area contributed by atoms with E-state index < -0.39 is 35.6 Å². The number of hydrogen-bond donors (Lipinski definition) is 3. The Morgan fingerprint density at radius 2 is 2.08 bits per heavy atom. The highest BCUT2D eigenvalue weighted by molar-refractivity contribution is 6.32. The molecule has 12 heteroatoms. The first-order valence-corrected chi connectivity index (χ1v) is 7.04. The molecule has 1 aromatic rings. The number of aliphatic hydroxyl groups excluding tert-OH is 3. The largest absolute Gasteiger partial charge is 0.460 e. The van der Waals surface area contributed by atoms with E-state index in [1.54, 1.807) is 0 Å². The number of ether oxygens (including phenoxy) is 2. The molecule has 1 aliphatic rings. The molecular weight excluding hydrogens is 348 g/mol. The summed E-state index contributed by atoms with van der Waals surface area (Å²) in [5.74, 6) is -0.0301. The predicted molar refractivity (Wildman–Crippen MR) is 79.4 cm³/mol. The Morgan fingerprint density at radius 1 is 1.38 bits per heavy atom. The summed E-state index contributed by atoms with van der Waals surface area (Å²) in [4.78, 5) is 12.6. The van der Waals surface area contributed by atoms with Crippen LogP contribution in [0.5, 0.6) is 5.75 Å². The minimum absolute atomic E-state index is 0.0301. The number of azide groups is 1. The van der Waals surface area contributed by atoms with Gasteiger partial charge >= 0.3 is 0 Å². The molecule has 0 aliphatic carbocycles. The van der Waals surface area contributed by atoms with Gasteiger partial charge in [0, 0.05) is 17.0 Å². The van der Waals surface area contributed by atoms with Crippen molar-refractivity contribution < 1.29 is 29.7 Å². The average Bonchev–Trinajstić information content (AvgIpc) is 2.55. The quantitative estimate of drug-likeness (QED) is 0.228. The lowest BCUT2D eigenvalue weighted by Gasteiger charge is -2.39. The second kappa shape index (κ2) is 7.62. The van der Waals surface area contributed by atoms with Crippen molar-refractivity contribution >= 4 is 17.3 Å². The van der Waals surface area contributed by atoms with E-state index in [9.17, 15) is 25.4 Å². The molecule has 0 amide bonds. The van der Waals surface area contributed by atoms with Gasteiger partial charge in [-0.1, -0.05) is 16.7 Å². The number of benzene rings is 1. The molecule has 1 fully saturated rings. The Morgan fingerprint density at radius 3 is 2.67 bits per heavy atom. The number of nitrogens with zero attached hydrogens (tertiary/aromatic N) is 4. The standard InChI is InChI=1S/C12H13ClN4O7/c13-6-3-5(17(21)22)1-2-7(6)23-12-11(20)10(19)9(18)8(24-12)4-15-16-14/h1-3,8-12,18-20H,4H2/t8-,9-,10+,11-,12+/m1/s1. The average molecular weight is 361 g/mol. The van der Waals surface area contributed by atoms with Crippen LogP contribution in [0.2, 0.25) is 5.02 Å². The van der Waals surface area contributed by atoms with Crippen LogP contribution < -0.4 is 4.74 Å². The fourth-order valence-electron chi connectivity index (χ4n) is 2.11. The third-order valence-corrected chi connectivity index (χ3v) is 3.66. The molecule has 0 spiro atoms. The lowest BCUT2D eigenvalue weighted by molar-refractivity contribution is -0.384. The van der Waals surface area contributed by atoms with Gasteiger partial charge in [0.2, 0.25) is 6.29 Å². The SMILES string of the molecule is [N-]=[N+]=NC[C@H]1O[C@H](Oc2ccc([N+](=O)[O-])cc2Cl)[C@H](O)[C@@H](O)[C@@H]1O. The Kier molecular flexibility index (Phi) is 5.78. The monoisotopic (exact) mass is 360 g/mol. The molecule has 3 N–H and O–H groups in total. The number of nitro benzene ring substituents is 1. The number of halogens is 1. The molecule has 130 valence electrons. The highest BCUT2D eigenvalue weighted by Gasteiger charge is 2.44. The van der Waals surface area contributed by atoms with Crippen molar-refractivity contribution in [3.63, 3.8) is 0 Å². The Hall–Kier alpha value is -2.14. The van der Waals surface area contributed by atoms with Gasteiger partial charge < -0.3 is 24.8 Å². The first-order chi connectivity index (χ1) is 11.3. The summed E-state index contributed by atoms with van der Waals surface area (Å²) < 4.78 is 10.6. The number of aliphatic hydroxyl groups is 3. The van der Waals surface area contributed by atoms with E-state index in [0.717, 1.165) is 12.1 Å². The summed E-state index contributed by atoms with van der Waals surface area (Å²) >= 11 is 5.88. The highest BCUT2D eigenvalue weighted by Crippen LogP contribution is 2.32. The number of rotatable bonds is 5. The van der Waals surface area contributed by atoms with Gasteiger partial charge in [0.05, 0.1) is 22.6 Å².